The number of hydrogen-bond donors (Lipinski definition) is 2. The lowest BCUT2D eigenvalue weighted by Gasteiger charge is -2.41. The van der Waals surface area contributed by atoms with Crippen LogP contribution in [0.15, 0.2) is 71.5 Å². The van der Waals surface area contributed by atoms with Crippen molar-refractivity contribution in [3.8, 4) is 0 Å². The molecule has 0 saturated heterocycles. The standard InChI is InChI=1S/C42H49N3O8/c1-27-24-34(44-40(49)28(2)29(3)51-26-46)32-20-14-15-21-35(32)45(27)23-17-11-9-7-6-8-10-16-22-43-41(50)52-36-25-33-38(48)37(47)30-18-12-13-19-31(30)39(33)53-42(36,4)5/h12-15,18-21,24,26,36H,6-11,16-17,22-23,25H2,1-5H3,(H,43,50)/p+1/b29-28-. The Bertz CT molecular complexity index is 1960. The van der Waals surface area contributed by atoms with Crippen molar-refractivity contribution in [3.05, 3.63) is 88.3 Å². The van der Waals surface area contributed by atoms with Gasteiger partial charge in [0.2, 0.25) is 17.1 Å². The third kappa shape index (κ3) is 9.19. The molecule has 3 aromatic rings. The number of rotatable bonds is 16. The first-order chi connectivity index (χ1) is 25.4. The van der Waals surface area contributed by atoms with Gasteiger partial charge in [-0.05, 0) is 46.6 Å². The summed E-state index contributed by atoms with van der Waals surface area (Å²) in [4.78, 5) is 61.7. The number of carbonyl (C=O) groups is 5. The first kappa shape index (κ1) is 38.9. The van der Waals surface area contributed by atoms with Crippen molar-refractivity contribution in [2.24, 2.45) is 0 Å². The maximum atomic E-state index is 12.9. The van der Waals surface area contributed by atoms with E-state index in [1.807, 2.05) is 45.0 Å². The van der Waals surface area contributed by atoms with E-state index in [-0.39, 0.29) is 23.7 Å². The molecule has 1 aliphatic heterocycles. The number of carbonyl (C=O) groups excluding carboxylic acids is 5. The average Bonchev–Trinajstić information content (AvgIpc) is 3.14. The third-order valence-electron chi connectivity index (χ3n) is 10.1. The molecule has 5 rings (SSSR count). The molecule has 2 heterocycles. The molecule has 280 valence electrons. The lowest BCUT2D eigenvalue weighted by molar-refractivity contribution is -0.677. The van der Waals surface area contributed by atoms with E-state index >= 15 is 0 Å². The number of nitrogens with zero attached hydrogens (tertiary/aromatic N) is 1. The van der Waals surface area contributed by atoms with Gasteiger partial charge < -0.3 is 24.8 Å². The number of anilines is 1. The van der Waals surface area contributed by atoms with Gasteiger partial charge in [0.25, 0.3) is 12.4 Å². The lowest BCUT2D eigenvalue weighted by Crippen LogP contribution is -2.48. The fraction of sp³-hybridized carbons (Fsp3) is 0.429. The van der Waals surface area contributed by atoms with E-state index < -0.39 is 29.4 Å². The maximum Gasteiger partial charge on any atom is 0.407 e. The van der Waals surface area contributed by atoms with E-state index in [0.717, 1.165) is 74.5 Å². The molecular formula is C42H50N3O8+. The van der Waals surface area contributed by atoms with E-state index in [4.69, 9.17) is 14.2 Å². The second kappa shape index (κ2) is 17.5. The molecule has 0 bridgehead atoms. The fourth-order valence-corrected chi connectivity index (χ4v) is 6.89. The number of alkyl carbamates (subject to hydrolysis) is 1. The van der Waals surface area contributed by atoms with Crippen LogP contribution in [0, 0.1) is 6.92 Å². The van der Waals surface area contributed by atoms with Crippen LogP contribution in [-0.2, 0) is 35.1 Å². The Labute approximate surface area is 310 Å². The highest BCUT2D eigenvalue weighted by Crippen LogP contribution is 2.42. The molecule has 0 radical (unpaired) electrons. The van der Waals surface area contributed by atoms with Crippen LogP contribution in [0.5, 0.6) is 0 Å². The number of Topliss-reactive ketones (excluding diaryl/α,β-unsaturated/α-hetero) is 2. The number of hydrogen-bond acceptors (Lipinski definition) is 8. The number of allylic oxidation sites excluding steroid dienone is 1. The topological polar surface area (TPSA) is 141 Å². The highest BCUT2D eigenvalue weighted by Gasteiger charge is 2.46. The summed E-state index contributed by atoms with van der Waals surface area (Å²) in [5, 5.41) is 6.75. The molecule has 53 heavy (non-hydrogen) atoms. The molecule has 1 unspecified atom stereocenters. The second-order valence-electron chi connectivity index (χ2n) is 14.3. The number of ether oxygens (including phenoxy) is 3. The van der Waals surface area contributed by atoms with E-state index in [1.165, 1.54) is 0 Å². The van der Waals surface area contributed by atoms with Crippen molar-refractivity contribution in [2.45, 2.75) is 111 Å². The van der Waals surface area contributed by atoms with Gasteiger partial charge in [-0.15, -0.1) is 0 Å². The normalized spacial score (nSPS) is 16.6. The molecule has 2 aliphatic rings. The Hall–Kier alpha value is -5.32. The van der Waals surface area contributed by atoms with Crippen molar-refractivity contribution in [2.75, 3.05) is 11.9 Å². The summed E-state index contributed by atoms with van der Waals surface area (Å²) in [6.07, 6.45) is 7.30. The number of para-hydroxylation sites is 1. The molecule has 1 aliphatic carbocycles. The highest BCUT2D eigenvalue weighted by atomic mass is 16.6. The van der Waals surface area contributed by atoms with Crippen LogP contribution in [0.4, 0.5) is 10.5 Å². The SMILES string of the molecule is C/C(OC=O)=C(\C)C(=O)Nc1cc(C)[n+](CCCCCCCCCCNC(=O)OC2CC3=C(OC2(C)C)c2ccccc2C(=O)C3=O)c2ccccc12. The van der Waals surface area contributed by atoms with Gasteiger partial charge in [0.15, 0.2) is 5.69 Å². The summed E-state index contributed by atoms with van der Waals surface area (Å²) < 4.78 is 19.0. The number of aryl methyl sites for hydroxylation is 2. The zero-order valence-electron chi connectivity index (χ0n) is 31.3. The zero-order valence-corrected chi connectivity index (χ0v) is 31.3. The zero-order chi connectivity index (χ0) is 38.1. The Balaban J connectivity index is 0.987. The number of ketones is 2. The van der Waals surface area contributed by atoms with Gasteiger partial charge in [-0.25, -0.2) is 4.79 Å². The number of fused-ring (bicyclic) bond motifs is 3. The molecule has 0 spiro atoms. The van der Waals surface area contributed by atoms with Gasteiger partial charge in [-0.1, -0.05) is 68.5 Å². The summed E-state index contributed by atoms with van der Waals surface area (Å²) in [7, 11) is 0. The molecular weight excluding hydrogens is 674 g/mol. The number of amides is 2. The summed E-state index contributed by atoms with van der Waals surface area (Å²) in [5.41, 5.74) is 3.45. The Morgan fingerprint density at radius 1 is 0.906 bits per heavy atom. The number of unbranched alkanes of at least 4 members (excludes halogenated alkanes) is 7. The van der Waals surface area contributed by atoms with E-state index in [1.54, 1.807) is 38.1 Å². The van der Waals surface area contributed by atoms with Crippen LogP contribution in [-0.4, -0.2) is 48.3 Å². The predicted molar refractivity (Wildman–Crippen MR) is 201 cm³/mol. The minimum absolute atomic E-state index is 0.120. The molecule has 0 fully saturated rings. The third-order valence-corrected chi connectivity index (χ3v) is 10.1. The fourth-order valence-electron chi connectivity index (χ4n) is 6.89. The van der Waals surface area contributed by atoms with Crippen molar-refractivity contribution in [1.29, 1.82) is 0 Å². The number of nitrogens with one attached hydrogen (secondary N) is 2. The Morgan fingerprint density at radius 2 is 1.55 bits per heavy atom. The van der Waals surface area contributed by atoms with Crippen LogP contribution >= 0.6 is 0 Å². The lowest BCUT2D eigenvalue weighted by atomic mass is 9.81. The summed E-state index contributed by atoms with van der Waals surface area (Å²) in [6, 6.07) is 16.9. The number of benzene rings is 2. The van der Waals surface area contributed by atoms with Gasteiger partial charge in [0.05, 0.1) is 22.2 Å². The first-order valence-corrected chi connectivity index (χ1v) is 18.5. The molecule has 1 atom stereocenters. The molecule has 2 amide bonds. The summed E-state index contributed by atoms with van der Waals surface area (Å²) >= 11 is 0. The largest absolute Gasteiger partial charge is 0.483 e. The van der Waals surface area contributed by atoms with Gasteiger partial charge in [0, 0.05) is 49.6 Å². The second-order valence-corrected chi connectivity index (χ2v) is 14.3. The van der Waals surface area contributed by atoms with Crippen LogP contribution in [0.1, 0.15) is 107 Å². The van der Waals surface area contributed by atoms with Crippen LogP contribution in [0.3, 0.4) is 0 Å². The minimum Gasteiger partial charge on any atom is -0.483 e. The van der Waals surface area contributed by atoms with Gasteiger partial charge in [-0.3, -0.25) is 19.2 Å². The Morgan fingerprint density at radius 3 is 2.26 bits per heavy atom. The number of pyridine rings is 1. The molecule has 11 heteroatoms. The number of aromatic nitrogens is 1. The molecule has 2 N–H and O–H groups in total. The average molecular weight is 725 g/mol. The van der Waals surface area contributed by atoms with Crippen LogP contribution < -0.4 is 15.2 Å². The Kier molecular flexibility index (Phi) is 12.8. The van der Waals surface area contributed by atoms with Gasteiger partial charge in [0.1, 0.15) is 29.8 Å². The highest BCUT2D eigenvalue weighted by molar-refractivity contribution is 6.52. The summed E-state index contributed by atoms with van der Waals surface area (Å²) in [5.74, 6) is -0.826. The van der Waals surface area contributed by atoms with E-state index in [0.29, 0.717) is 41.2 Å². The van der Waals surface area contributed by atoms with E-state index in [2.05, 4.69) is 21.3 Å². The quantitative estimate of drug-likeness (QED) is 0.0388. The maximum absolute atomic E-state index is 12.9. The molecule has 2 aromatic carbocycles. The monoisotopic (exact) mass is 724 g/mol. The molecule has 11 nitrogen and oxygen atoms in total. The van der Waals surface area contributed by atoms with Crippen molar-refractivity contribution in [1.82, 2.24) is 5.32 Å². The summed E-state index contributed by atoms with van der Waals surface area (Å²) in [6.45, 7) is 10.6. The predicted octanol–water partition coefficient (Wildman–Crippen LogP) is 7.43. The first-order valence-electron chi connectivity index (χ1n) is 18.5. The molecule has 0 saturated carbocycles. The smallest absolute Gasteiger partial charge is 0.407 e. The van der Waals surface area contributed by atoms with Gasteiger partial charge >= 0.3 is 6.09 Å². The van der Waals surface area contributed by atoms with Crippen LogP contribution in [0.2, 0.25) is 0 Å². The van der Waals surface area contributed by atoms with Crippen LogP contribution in [0.25, 0.3) is 16.7 Å². The minimum atomic E-state index is -0.884. The van der Waals surface area contributed by atoms with Crippen molar-refractivity contribution in [3.63, 3.8) is 0 Å². The van der Waals surface area contributed by atoms with Crippen molar-refractivity contribution < 1.29 is 42.8 Å². The van der Waals surface area contributed by atoms with Crippen molar-refractivity contribution >= 4 is 52.4 Å². The van der Waals surface area contributed by atoms with E-state index in [9.17, 15) is 24.0 Å². The van der Waals surface area contributed by atoms with Gasteiger partial charge in [-0.2, -0.15) is 4.57 Å². The molecule has 1 aromatic heterocycles.